The van der Waals surface area contributed by atoms with Crippen molar-refractivity contribution in [3.63, 3.8) is 0 Å². The first kappa shape index (κ1) is 15.1. The molecule has 0 saturated carbocycles. The second-order valence-electron chi connectivity index (χ2n) is 4.88. The summed E-state index contributed by atoms with van der Waals surface area (Å²) < 4.78 is 6.95. The van der Waals surface area contributed by atoms with Crippen LogP contribution in [-0.4, -0.2) is 28.0 Å². The molecule has 0 aliphatic rings. The summed E-state index contributed by atoms with van der Waals surface area (Å²) in [5, 5.41) is 13.9. The number of hydrogen-bond acceptors (Lipinski definition) is 3. The van der Waals surface area contributed by atoms with Crippen molar-refractivity contribution in [2.75, 3.05) is 7.11 Å². The number of carboxylic acid groups (broad SMARTS) is 1. The molecule has 0 bridgehead atoms. The van der Waals surface area contributed by atoms with Crippen LogP contribution in [0.4, 0.5) is 0 Å². The van der Waals surface area contributed by atoms with E-state index in [4.69, 9.17) is 4.74 Å². The second kappa shape index (κ2) is 6.43. The van der Waals surface area contributed by atoms with Crippen molar-refractivity contribution < 1.29 is 14.6 Å². The van der Waals surface area contributed by atoms with Crippen molar-refractivity contribution in [2.45, 2.75) is 32.7 Å². The molecule has 1 heterocycles. The molecule has 2 rings (SSSR count). The minimum absolute atomic E-state index is 0.211. The van der Waals surface area contributed by atoms with Crippen LogP contribution in [0.1, 0.15) is 43.1 Å². The van der Waals surface area contributed by atoms with E-state index in [0.29, 0.717) is 11.4 Å². The number of rotatable bonds is 6. The van der Waals surface area contributed by atoms with E-state index < -0.39 is 5.97 Å². The zero-order valence-corrected chi connectivity index (χ0v) is 12.5. The highest BCUT2D eigenvalue weighted by atomic mass is 16.5. The smallest absolute Gasteiger partial charge is 0.339 e. The van der Waals surface area contributed by atoms with E-state index in [1.54, 1.807) is 24.1 Å². The topological polar surface area (TPSA) is 64.4 Å². The molecule has 1 aromatic heterocycles. The molecule has 0 spiro atoms. The summed E-state index contributed by atoms with van der Waals surface area (Å²) in [7, 11) is 1.58. The number of carboxylic acids is 1. The highest BCUT2D eigenvalue weighted by Gasteiger charge is 2.20. The van der Waals surface area contributed by atoms with Crippen LogP contribution >= 0.6 is 0 Å². The number of nitrogens with zero attached hydrogens (tertiary/aromatic N) is 2. The Morgan fingerprint density at radius 1 is 1.38 bits per heavy atom. The molecule has 1 aromatic carbocycles. The Labute approximate surface area is 124 Å². The van der Waals surface area contributed by atoms with Gasteiger partial charge in [0, 0.05) is 11.8 Å². The number of ether oxygens (including phenoxy) is 1. The summed E-state index contributed by atoms with van der Waals surface area (Å²) >= 11 is 0. The van der Waals surface area contributed by atoms with Crippen molar-refractivity contribution in [3.05, 3.63) is 36.0 Å². The number of aromatic carboxylic acids is 1. The van der Waals surface area contributed by atoms with Crippen LogP contribution in [0.2, 0.25) is 0 Å². The van der Waals surface area contributed by atoms with Crippen molar-refractivity contribution in [3.8, 4) is 17.0 Å². The molecule has 0 unspecified atom stereocenters. The summed E-state index contributed by atoms with van der Waals surface area (Å²) in [6.07, 6.45) is 3.44. The fraction of sp³-hybridized carbons (Fsp3) is 0.375. The molecule has 5 heteroatoms. The highest BCUT2D eigenvalue weighted by Crippen LogP contribution is 2.27. The van der Waals surface area contributed by atoms with E-state index in [1.165, 1.54) is 0 Å². The minimum Gasteiger partial charge on any atom is -0.497 e. The van der Waals surface area contributed by atoms with E-state index in [9.17, 15) is 9.90 Å². The predicted molar refractivity (Wildman–Crippen MR) is 80.8 cm³/mol. The van der Waals surface area contributed by atoms with Crippen molar-refractivity contribution in [2.24, 2.45) is 0 Å². The molecule has 0 aliphatic heterocycles. The normalized spacial score (nSPS) is 10.9. The number of carbonyl (C=O) groups is 1. The number of hydrogen-bond donors (Lipinski definition) is 1. The van der Waals surface area contributed by atoms with Gasteiger partial charge in [-0.1, -0.05) is 26.0 Å². The molecule has 0 fully saturated rings. The molecule has 21 heavy (non-hydrogen) atoms. The third-order valence-corrected chi connectivity index (χ3v) is 3.62. The Morgan fingerprint density at radius 3 is 2.67 bits per heavy atom. The number of aromatic nitrogens is 2. The Balaban J connectivity index is 2.53. The first-order valence-electron chi connectivity index (χ1n) is 7.07. The Bertz CT molecular complexity index is 630. The Kier molecular flexibility index (Phi) is 4.62. The number of methoxy groups -OCH3 is 1. The lowest BCUT2D eigenvalue weighted by Gasteiger charge is -2.12. The van der Waals surface area contributed by atoms with Gasteiger partial charge >= 0.3 is 5.97 Å². The maximum Gasteiger partial charge on any atom is 0.339 e. The zero-order valence-electron chi connectivity index (χ0n) is 12.5. The molecule has 1 N–H and O–H groups in total. The maximum absolute atomic E-state index is 11.5. The summed E-state index contributed by atoms with van der Waals surface area (Å²) in [4.78, 5) is 11.5. The third kappa shape index (κ3) is 3.07. The lowest BCUT2D eigenvalue weighted by Crippen LogP contribution is -2.07. The van der Waals surface area contributed by atoms with E-state index >= 15 is 0 Å². The third-order valence-electron chi connectivity index (χ3n) is 3.62. The van der Waals surface area contributed by atoms with Gasteiger partial charge in [-0.15, -0.1) is 0 Å². The molecule has 0 saturated heterocycles. The van der Waals surface area contributed by atoms with Gasteiger partial charge in [0.25, 0.3) is 0 Å². The Morgan fingerprint density at radius 2 is 2.10 bits per heavy atom. The van der Waals surface area contributed by atoms with Gasteiger partial charge < -0.3 is 9.84 Å². The van der Waals surface area contributed by atoms with Crippen LogP contribution in [0.15, 0.2) is 30.5 Å². The highest BCUT2D eigenvalue weighted by molar-refractivity contribution is 5.94. The summed E-state index contributed by atoms with van der Waals surface area (Å²) in [5.74, 6) is -0.286. The van der Waals surface area contributed by atoms with Crippen LogP contribution in [0.25, 0.3) is 11.3 Å². The van der Waals surface area contributed by atoms with Crippen LogP contribution in [0.5, 0.6) is 5.75 Å². The van der Waals surface area contributed by atoms with Gasteiger partial charge in [0.1, 0.15) is 17.0 Å². The fourth-order valence-corrected chi connectivity index (χ4v) is 2.38. The van der Waals surface area contributed by atoms with Gasteiger partial charge in [-0.3, -0.25) is 4.68 Å². The standard InChI is InChI=1S/C16H20N2O3/c1-4-12(5-2)18-10-14(16(19)20)15(17-18)11-7-6-8-13(9-11)21-3/h6-10,12H,4-5H2,1-3H3,(H,19,20). The van der Waals surface area contributed by atoms with Crippen LogP contribution in [0.3, 0.4) is 0 Å². The zero-order chi connectivity index (χ0) is 15.4. The second-order valence-corrected chi connectivity index (χ2v) is 4.88. The quantitative estimate of drug-likeness (QED) is 0.881. The van der Waals surface area contributed by atoms with E-state index in [1.807, 2.05) is 18.2 Å². The maximum atomic E-state index is 11.5. The molecular weight excluding hydrogens is 268 g/mol. The first-order chi connectivity index (χ1) is 10.1. The summed E-state index contributed by atoms with van der Waals surface area (Å²) in [5.41, 5.74) is 1.44. The van der Waals surface area contributed by atoms with Crippen LogP contribution < -0.4 is 4.74 Å². The molecule has 0 aliphatic carbocycles. The van der Waals surface area contributed by atoms with Gasteiger partial charge in [0.2, 0.25) is 0 Å². The first-order valence-corrected chi connectivity index (χ1v) is 7.07. The molecule has 0 radical (unpaired) electrons. The van der Waals surface area contributed by atoms with Crippen LogP contribution in [0, 0.1) is 0 Å². The van der Waals surface area contributed by atoms with Crippen molar-refractivity contribution in [1.29, 1.82) is 0 Å². The molecular formula is C16H20N2O3. The van der Waals surface area contributed by atoms with Crippen LogP contribution in [-0.2, 0) is 0 Å². The predicted octanol–water partition coefficient (Wildman–Crippen LogP) is 3.62. The largest absolute Gasteiger partial charge is 0.497 e. The molecule has 112 valence electrons. The van der Waals surface area contributed by atoms with E-state index in [0.717, 1.165) is 18.4 Å². The van der Waals surface area contributed by atoms with Gasteiger partial charge in [-0.05, 0) is 25.0 Å². The van der Waals surface area contributed by atoms with Gasteiger partial charge in [0.05, 0.1) is 13.2 Å². The average molecular weight is 288 g/mol. The summed E-state index contributed by atoms with van der Waals surface area (Å²) in [6, 6.07) is 7.50. The van der Waals surface area contributed by atoms with Gasteiger partial charge in [0.15, 0.2) is 0 Å². The molecule has 5 nitrogen and oxygen atoms in total. The molecule has 0 amide bonds. The van der Waals surface area contributed by atoms with E-state index in [2.05, 4.69) is 18.9 Å². The average Bonchev–Trinajstić information content (AvgIpc) is 2.94. The fourth-order valence-electron chi connectivity index (χ4n) is 2.38. The van der Waals surface area contributed by atoms with E-state index in [-0.39, 0.29) is 11.6 Å². The van der Waals surface area contributed by atoms with Gasteiger partial charge in [-0.25, -0.2) is 4.79 Å². The molecule has 0 atom stereocenters. The lowest BCUT2D eigenvalue weighted by molar-refractivity contribution is 0.0697. The SMILES string of the molecule is CCC(CC)n1cc(C(=O)O)c(-c2cccc(OC)c2)n1. The molecule has 2 aromatic rings. The lowest BCUT2D eigenvalue weighted by atomic mass is 10.1. The van der Waals surface area contributed by atoms with Crippen molar-refractivity contribution >= 4 is 5.97 Å². The van der Waals surface area contributed by atoms with Gasteiger partial charge in [-0.2, -0.15) is 5.10 Å². The monoisotopic (exact) mass is 288 g/mol. The number of benzene rings is 1. The minimum atomic E-state index is -0.968. The Hall–Kier alpha value is -2.30. The summed E-state index contributed by atoms with van der Waals surface area (Å²) in [6.45, 7) is 4.14. The van der Waals surface area contributed by atoms with Crippen molar-refractivity contribution in [1.82, 2.24) is 9.78 Å².